The Morgan fingerprint density at radius 1 is 1.20 bits per heavy atom. The summed E-state index contributed by atoms with van der Waals surface area (Å²) >= 11 is 0. The lowest BCUT2D eigenvalue weighted by Crippen LogP contribution is -2.58. The molecule has 0 aromatic heterocycles. The number of likely N-dealkylation sites (tertiary alicyclic amines) is 2. The minimum atomic E-state index is -3.58. The number of rotatable bonds is 2. The minimum Gasteiger partial charge on any atom is -0.395 e. The van der Waals surface area contributed by atoms with Gasteiger partial charge in [0.1, 0.15) is 0 Å². The first kappa shape index (κ1) is 17.0. The quantitative estimate of drug-likeness (QED) is 0.883. The molecule has 2 atom stereocenters. The van der Waals surface area contributed by atoms with Crippen LogP contribution in [0.5, 0.6) is 11.5 Å². The number of aliphatic hydroxyl groups is 1. The third kappa shape index (κ3) is 3.32. The molecule has 0 bridgehead atoms. The van der Waals surface area contributed by atoms with Gasteiger partial charge in [0.15, 0.2) is 11.5 Å². The summed E-state index contributed by atoms with van der Waals surface area (Å²) in [4.78, 5) is 4.60. The number of hydrogen-bond acceptors (Lipinski definition) is 5. The van der Waals surface area contributed by atoms with E-state index < -0.39 is 6.29 Å². The number of piperidine rings is 2. The van der Waals surface area contributed by atoms with Crippen molar-refractivity contribution in [3.8, 4) is 11.5 Å². The van der Waals surface area contributed by atoms with Crippen LogP contribution in [-0.4, -0.2) is 60.5 Å². The van der Waals surface area contributed by atoms with Crippen LogP contribution >= 0.6 is 0 Å². The van der Waals surface area contributed by atoms with Gasteiger partial charge in [-0.2, -0.15) is 0 Å². The lowest BCUT2D eigenvalue weighted by molar-refractivity contribution is -0.286. The summed E-state index contributed by atoms with van der Waals surface area (Å²) in [5, 5.41) is 10.6. The second kappa shape index (κ2) is 6.07. The Morgan fingerprint density at radius 2 is 2.00 bits per heavy atom. The topological polar surface area (TPSA) is 45.2 Å². The van der Waals surface area contributed by atoms with E-state index in [9.17, 15) is 13.9 Å². The molecule has 3 heterocycles. The highest BCUT2D eigenvalue weighted by Crippen LogP contribution is 2.42. The van der Waals surface area contributed by atoms with Crippen molar-refractivity contribution in [1.29, 1.82) is 0 Å². The summed E-state index contributed by atoms with van der Waals surface area (Å²) in [6, 6.07) is 4.96. The molecule has 3 aliphatic heterocycles. The molecule has 2 saturated heterocycles. The van der Waals surface area contributed by atoms with Gasteiger partial charge in [0, 0.05) is 31.6 Å². The molecule has 0 amide bonds. The van der Waals surface area contributed by atoms with Gasteiger partial charge in [-0.15, -0.1) is 8.78 Å². The second-order valence-electron chi connectivity index (χ2n) is 7.67. The van der Waals surface area contributed by atoms with Crippen LogP contribution in [-0.2, 0) is 6.54 Å². The molecule has 1 aromatic carbocycles. The molecule has 0 saturated carbocycles. The van der Waals surface area contributed by atoms with Crippen molar-refractivity contribution >= 4 is 0 Å². The standard InChI is InChI=1S/C18H24F2N2O3/c1-21-8-5-16(23)17(11-21)6-2-7-22(12-17)10-13-3-4-14-15(9-13)25-18(19,20)24-14/h3-4,9,16,23H,2,5-8,10-12H2,1H3/t16-,17-/m0/s1. The molecule has 3 aliphatic rings. The number of hydrogen-bond donors (Lipinski definition) is 1. The summed E-state index contributed by atoms with van der Waals surface area (Å²) in [5.41, 5.74) is 0.824. The van der Waals surface area contributed by atoms with E-state index in [0.29, 0.717) is 6.54 Å². The third-order valence-corrected chi connectivity index (χ3v) is 5.64. The van der Waals surface area contributed by atoms with Crippen molar-refractivity contribution in [2.75, 3.05) is 33.2 Å². The molecule has 5 nitrogen and oxygen atoms in total. The predicted octanol–water partition coefficient (Wildman–Crippen LogP) is 2.29. The Hall–Kier alpha value is -1.44. The number of benzene rings is 1. The molecule has 0 aliphatic carbocycles. The molecule has 7 heteroatoms. The zero-order valence-corrected chi connectivity index (χ0v) is 14.4. The highest BCUT2D eigenvalue weighted by Gasteiger charge is 2.45. The van der Waals surface area contributed by atoms with E-state index in [1.54, 1.807) is 12.1 Å². The maximum Gasteiger partial charge on any atom is 0.586 e. The van der Waals surface area contributed by atoms with E-state index in [1.807, 2.05) is 0 Å². The molecule has 1 aromatic rings. The first-order valence-corrected chi connectivity index (χ1v) is 8.83. The summed E-state index contributed by atoms with van der Waals surface area (Å²) in [6.07, 6.45) is -0.978. The molecule has 1 N–H and O–H groups in total. The molecule has 138 valence electrons. The summed E-state index contributed by atoms with van der Waals surface area (Å²) in [6.45, 7) is 4.25. The van der Waals surface area contributed by atoms with Crippen LogP contribution in [0, 0.1) is 5.41 Å². The van der Waals surface area contributed by atoms with Crippen molar-refractivity contribution in [1.82, 2.24) is 9.80 Å². The fourth-order valence-electron chi connectivity index (χ4n) is 4.51. The maximum atomic E-state index is 13.2. The van der Waals surface area contributed by atoms with E-state index in [2.05, 4.69) is 26.3 Å². The molecule has 4 rings (SSSR count). The largest absolute Gasteiger partial charge is 0.586 e. The van der Waals surface area contributed by atoms with Gasteiger partial charge in [-0.25, -0.2) is 0 Å². The molecular weight excluding hydrogens is 330 g/mol. The monoisotopic (exact) mass is 354 g/mol. The fraction of sp³-hybridized carbons (Fsp3) is 0.667. The van der Waals surface area contributed by atoms with Gasteiger partial charge < -0.3 is 19.5 Å². The number of fused-ring (bicyclic) bond motifs is 1. The van der Waals surface area contributed by atoms with Crippen LogP contribution in [0.4, 0.5) is 8.78 Å². The Balaban J connectivity index is 1.47. The molecule has 0 radical (unpaired) electrons. The van der Waals surface area contributed by atoms with Gasteiger partial charge >= 0.3 is 6.29 Å². The SMILES string of the molecule is CN1CC[C@H](O)[C@@]2(CCCN(Cc3ccc4c(c3)OC(F)(F)O4)C2)C1. The average molecular weight is 354 g/mol. The number of aliphatic hydroxyl groups excluding tert-OH is 1. The molecular formula is C18H24F2N2O3. The molecule has 25 heavy (non-hydrogen) atoms. The van der Waals surface area contributed by atoms with E-state index in [4.69, 9.17) is 0 Å². The highest BCUT2D eigenvalue weighted by atomic mass is 19.3. The number of ether oxygens (including phenoxy) is 2. The number of halogens is 2. The summed E-state index contributed by atoms with van der Waals surface area (Å²) in [7, 11) is 2.10. The van der Waals surface area contributed by atoms with Crippen molar-refractivity contribution in [3.63, 3.8) is 0 Å². The average Bonchev–Trinajstić information content (AvgIpc) is 2.85. The molecule has 0 unspecified atom stereocenters. The highest BCUT2D eigenvalue weighted by molar-refractivity contribution is 5.45. The fourth-order valence-corrected chi connectivity index (χ4v) is 4.51. The van der Waals surface area contributed by atoms with Gasteiger partial charge in [0.25, 0.3) is 0 Å². The zero-order valence-electron chi connectivity index (χ0n) is 14.4. The summed E-state index contributed by atoms with van der Waals surface area (Å²) in [5.74, 6) is 0.167. The van der Waals surface area contributed by atoms with E-state index in [-0.39, 0.29) is 23.0 Å². The summed E-state index contributed by atoms with van der Waals surface area (Å²) < 4.78 is 35.3. The second-order valence-corrected chi connectivity index (χ2v) is 7.67. The lowest BCUT2D eigenvalue weighted by atomic mass is 9.71. The predicted molar refractivity (Wildman–Crippen MR) is 87.7 cm³/mol. The van der Waals surface area contributed by atoms with Gasteiger partial charge in [0.2, 0.25) is 0 Å². The van der Waals surface area contributed by atoms with E-state index in [0.717, 1.165) is 51.0 Å². The van der Waals surface area contributed by atoms with Gasteiger partial charge in [-0.3, -0.25) is 4.90 Å². The maximum absolute atomic E-state index is 13.2. The van der Waals surface area contributed by atoms with Crippen molar-refractivity contribution in [2.24, 2.45) is 5.41 Å². The van der Waals surface area contributed by atoms with E-state index >= 15 is 0 Å². The lowest BCUT2D eigenvalue weighted by Gasteiger charge is -2.50. The molecule has 2 fully saturated rings. The third-order valence-electron chi connectivity index (χ3n) is 5.64. The van der Waals surface area contributed by atoms with Crippen molar-refractivity contribution in [3.05, 3.63) is 23.8 Å². The Labute approximate surface area is 146 Å². The number of alkyl halides is 2. The Bertz CT molecular complexity index is 657. The van der Waals surface area contributed by atoms with Gasteiger partial charge in [0.05, 0.1) is 6.10 Å². The Kier molecular flexibility index (Phi) is 4.13. The number of nitrogens with zero attached hydrogens (tertiary/aromatic N) is 2. The zero-order chi connectivity index (χ0) is 17.7. The minimum absolute atomic E-state index is 0.0770. The van der Waals surface area contributed by atoms with Crippen LogP contribution < -0.4 is 9.47 Å². The van der Waals surface area contributed by atoms with Gasteiger partial charge in [-0.1, -0.05) is 6.07 Å². The van der Waals surface area contributed by atoms with Crippen molar-refractivity contribution < 1.29 is 23.4 Å². The Morgan fingerprint density at radius 3 is 2.84 bits per heavy atom. The van der Waals surface area contributed by atoms with Crippen LogP contribution in [0.2, 0.25) is 0 Å². The first-order chi connectivity index (χ1) is 11.9. The van der Waals surface area contributed by atoms with Crippen LogP contribution in [0.3, 0.4) is 0 Å². The van der Waals surface area contributed by atoms with Crippen LogP contribution in [0.1, 0.15) is 24.8 Å². The van der Waals surface area contributed by atoms with Crippen LogP contribution in [0.15, 0.2) is 18.2 Å². The normalized spacial score (nSPS) is 32.2. The van der Waals surface area contributed by atoms with Crippen molar-refractivity contribution in [2.45, 2.75) is 38.2 Å². The first-order valence-electron chi connectivity index (χ1n) is 8.83. The van der Waals surface area contributed by atoms with E-state index in [1.165, 1.54) is 6.07 Å². The molecule has 1 spiro atoms. The smallest absolute Gasteiger partial charge is 0.395 e. The van der Waals surface area contributed by atoms with Gasteiger partial charge in [-0.05, 0) is 50.6 Å². The van der Waals surface area contributed by atoms with Crippen LogP contribution in [0.25, 0.3) is 0 Å².